The molecular formula is C11H11BrN4O. The van der Waals surface area contributed by atoms with Crippen LogP contribution in [0.15, 0.2) is 35.5 Å². The fraction of sp³-hybridized carbons (Fsp3) is 0.182. The first kappa shape index (κ1) is 11.8. The van der Waals surface area contributed by atoms with Crippen LogP contribution in [0.2, 0.25) is 0 Å². The number of halogens is 1. The topological polar surface area (TPSA) is 51.0 Å². The van der Waals surface area contributed by atoms with Crippen molar-refractivity contribution in [2.45, 2.75) is 0 Å². The van der Waals surface area contributed by atoms with Gasteiger partial charge < -0.3 is 9.47 Å². The normalized spacial score (nSPS) is 10.3. The fourth-order valence-electron chi connectivity index (χ4n) is 1.39. The van der Waals surface area contributed by atoms with E-state index in [4.69, 9.17) is 0 Å². The molecule has 0 saturated heterocycles. The van der Waals surface area contributed by atoms with E-state index in [0.29, 0.717) is 10.4 Å². The molecule has 0 fully saturated rings. The molecule has 1 amide bonds. The van der Waals surface area contributed by atoms with Crippen molar-refractivity contribution >= 4 is 27.5 Å². The molecule has 0 aliphatic carbocycles. The SMILES string of the molecule is CN(C(=O)c1cn(C)c(Br)n1)c1cccnc1. The van der Waals surface area contributed by atoms with Crippen LogP contribution in [-0.2, 0) is 7.05 Å². The molecule has 0 saturated carbocycles. The van der Waals surface area contributed by atoms with Crippen LogP contribution < -0.4 is 4.90 Å². The molecule has 88 valence electrons. The molecule has 17 heavy (non-hydrogen) atoms. The minimum atomic E-state index is -0.167. The molecule has 0 unspecified atom stereocenters. The van der Waals surface area contributed by atoms with Crippen molar-refractivity contribution in [1.82, 2.24) is 14.5 Å². The van der Waals surface area contributed by atoms with Gasteiger partial charge >= 0.3 is 0 Å². The van der Waals surface area contributed by atoms with Gasteiger partial charge in [0.05, 0.1) is 11.9 Å². The van der Waals surface area contributed by atoms with Gasteiger partial charge in [-0.2, -0.15) is 0 Å². The Bertz CT molecular complexity index is 518. The Labute approximate surface area is 107 Å². The predicted octanol–water partition coefficient (Wildman–Crippen LogP) is 1.85. The molecule has 5 nitrogen and oxygen atoms in total. The first-order chi connectivity index (χ1) is 8.09. The molecular weight excluding hydrogens is 284 g/mol. The van der Waals surface area contributed by atoms with Crippen molar-refractivity contribution in [2.75, 3.05) is 11.9 Å². The van der Waals surface area contributed by atoms with Crippen molar-refractivity contribution in [2.24, 2.45) is 7.05 Å². The Balaban J connectivity index is 2.26. The summed E-state index contributed by atoms with van der Waals surface area (Å²) in [4.78, 5) is 21.7. The molecule has 2 aromatic heterocycles. The molecule has 0 aliphatic heterocycles. The zero-order valence-electron chi connectivity index (χ0n) is 9.46. The van der Waals surface area contributed by atoms with Crippen molar-refractivity contribution in [3.05, 3.63) is 41.2 Å². The number of carbonyl (C=O) groups excluding carboxylic acids is 1. The third-order valence-corrected chi connectivity index (χ3v) is 3.11. The minimum Gasteiger partial charge on any atom is -0.328 e. The lowest BCUT2D eigenvalue weighted by Crippen LogP contribution is -2.26. The molecule has 0 spiro atoms. The van der Waals surface area contributed by atoms with Crippen molar-refractivity contribution < 1.29 is 4.79 Å². The summed E-state index contributed by atoms with van der Waals surface area (Å²) < 4.78 is 2.37. The Hall–Kier alpha value is -1.69. The molecule has 6 heteroatoms. The summed E-state index contributed by atoms with van der Waals surface area (Å²) in [5.41, 5.74) is 1.13. The van der Waals surface area contributed by atoms with Crippen molar-refractivity contribution in [3.8, 4) is 0 Å². The number of carbonyl (C=O) groups is 1. The number of imidazole rings is 1. The van der Waals surface area contributed by atoms with Crippen LogP contribution in [-0.4, -0.2) is 27.5 Å². The van der Waals surface area contributed by atoms with E-state index in [9.17, 15) is 4.79 Å². The molecule has 2 rings (SSSR count). The molecule has 2 heterocycles. The molecule has 2 aromatic rings. The number of anilines is 1. The van der Waals surface area contributed by atoms with E-state index in [1.807, 2.05) is 13.1 Å². The van der Waals surface area contributed by atoms with Crippen LogP contribution in [0, 0.1) is 0 Å². The van der Waals surface area contributed by atoms with Crippen LogP contribution >= 0.6 is 15.9 Å². The number of hydrogen-bond donors (Lipinski definition) is 0. The van der Waals surface area contributed by atoms with Crippen LogP contribution in [0.1, 0.15) is 10.5 Å². The first-order valence-corrected chi connectivity index (χ1v) is 5.76. The highest BCUT2D eigenvalue weighted by molar-refractivity contribution is 9.10. The van der Waals surface area contributed by atoms with Crippen LogP contribution in [0.25, 0.3) is 0 Å². The van der Waals surface area contributed by atoms with Crippen molar-refractivity contribution in [1.29, 1.82) is 0 Å². The summed E-state index contributed by atoms with van der Waals surface area (Å²) in [5.74, 6) is -0.167. The van der Waals surface area contributed by atoms with Crippen molar-refractivity contribution in [3.63, 3.8) is 0 Å². The highest BCUT2D eigenvalue weighted by Gasteiger charge is 2.17. The van der Waals surface area contributed by atoms with E-state index in [0.717, 1.165) is 5.69 Å². The second-order valence-electron chi connectivity index (χ2n) is 3.58. The van der Waals surface area contributed by atoms with Gasteiger partial charge in [-0.25, -0.2) is 4.98 Å². The Morgan fingerprint density at radius 2 is 2.29 bits per heavy atom. The maximum absolute atomic E-state index is 12.1. The number of rotatable bonds is 2. The molecule has 0 aromatic carbocycles. The lowest BCUT2D eigenvalue weighted by Gasteiger charge is -2.14. The van der Waals surface area contributed by atoms with Gasteiger partial charge in [0.15, 0.2) is 4.73 Å². The Morgan fingerprint density at radius 1 is 1.53 bits per heavy atom. The summed E-state index contributed by atoms with van der Waals surface area (Å²) in [5, 5.41) is 0. The third kappa shape index (κ3) is 2.36. The molecule has 0 bridgehead atoms. The summed E-state index contributed by atoms with van der Waals surface area (Å²) >= 11 is 3.26. The van der Waals surface area contributed by atoms with E-state index in [-0.39, 0.29) is 5.91 Å². The van der Waals surface area contributed by atoms with Gasteiger partial charge in [0.1, 0.15) is 5.69 Å². The third-order valence-electron chi connectivity index (χ3n) is 2.38. The van der Waals surface area contributed by atoms with Crippen LogP contribution in [0.3, 0.4) is 0 Å². The number of hydrogen-bond acceptors (Lipinski definition) is 3. The van der Waals surface area contributed by atoms with Gasteiger partial charge in [-0.15, -0.1) is 0 Å². The number of pyridine rings is 1. The van der Waals surface area contributed by atoms with E-state index in [1.54, 1.807) is 36.3 Å². The highest BCUT2D eigenvalue weighted by atomic mass is 79.9. The zero-order valence-corrected chi connectivity index (χ0v) is 11.0. The van der Waals surface area contributed by atoms with Gasteiger partial charge in [-0.1, -0.05) is 0 Å². The summed E-state index contributed by atoms with van der Waals surface area (Å²) in [6, 6.07) is 3.61. The average molecular weight is 295 g/mol. The maximum atomic E-state index is 12.1. The van der Waals surface area contributed by atoms with E-state index in [2.05, 4.69) is 25.9 Å². The van der Waals surface area contributed by atoms with Gasteiger partial charge in [-0.3, -0.25) is 9.78 Å². The number of nitrogens with zero attached hydrogens (tertiary/aromatic N) is 4. The Morgan fingerprint density at radius 3 is 2.82 bits per heavy atom. The number of aryl methyl sites for hydroxylation is 1. The fourth-order valence-corrected chi connectivity index (χ4v) is 1.68. The number of amides is 1. The van der Waals surface area contributed by atoms with Gasteiger partial charge in [-0.05, 0) is 28.1 Å². The lowest BCUT2D eigenvalue weighted by molar-refractivity contribution is 0.0988. The highest BCUT2D eigenvalue weighted by Crippen LogP contribution is 2.15. The number of aromatic nitrogens is 3. The van der Waals surface area contributed by atoms with E-state index >= 15 is 0 Å². The quantitative estimate of drug-likeness (QED) is 0.849. The predicted molar refractivity (Wildman–Crippen MR) is 67.9 cm³/mol. The summed E-state index contributed by atoms with van der Waals surface area (Å²) in [6.45, 7) is 0. The van der Waals surface area contributed by atoms with Gasteiger partial charge in [0, 0.05) is 26.5 Å². The van der Waals surface area contributed by atoms with E-state index in [1.165, 1.54) is 4.90 Å². The van der Waals surface area contributed by atoms with E-state index < -0.39 is 0 Å². The van der Waals surface area contributed by atoms with Gasteiger partial charge in [0.25, 0.3) is 5.91 Å². The molecule has 0 atom stereocenters. The molecule has 0 aliphatic rings. The minimum absolute atomic E-state index is 0.167. The molecule has 0 radical (unpaired) electrons. The maximum Gasteiger partial charge on any atom is 0.278 e. The summed E-state index contributed by atoms with van der Waals surface area (Å²) in [6.07, 6.45) is 4.98. The molecule has 0 N–H and O–H groups in total. The monoisotopic (exact) mass is 294 g/mol. The van der Waals surface area contributed by atoms with Crippen LogP contribution in [0.4, 0.5) is 5.69 Å². The Kier molecular flexibility index (Phi) is 3.23. The lowest BCUT2D eigenvalue weighted by atomic mass is 10.3. The van der Waals surface area contributed by atoms with Crippen LogP contribution in [0.5, 0.6) is 0 Å². The average Bonchev–Trinajstić information content (AvgIpc) is 2.69. The standard InChI is InChI=1S/C11H11BrN4O/c1-15-7-9(14-11(15)12)10(17)16(2)8-4-3-5-13-6-8/h3-7H,1-2H3. The van der Waals surface area contributed by atoms with Gasteiger partial charge in [0.2, 0.25) is 0 Å². The zero-order chi connectivity index (χ0) is 12.4. The second-order valence-corrected chi connectivity index (χ2v) is 4.29. The smallest absolute Gasteiger partial charge is 0.278 e. The second kappa shape index (κ2) is 4.67. The first-order valence-electron chi connectivity index (χ1n) is 4.96. The summed E-state index contributed by atoms with van der Waals surface area (Å²) in [7, 11) is 3.51. The largest absolute Gasteiger partial charge is 0.328 e.